The van der Waals surface area contributed by atoms with Gasteiger partial charge in [-0.2, -0.15) is 0 Å². The first-order chi connectivity index (χ1) is 2.71. The van der Waals surface area contributed by atoms with Crippen LogP contribution in [0.5, 0.6) is 0 Å². The third-order valence-electron chi connectivity index (χ3n) is 0.568. The summed E-state index contributed by atoms with van der Waals surface area (Å²) < 4.78 is 0. The zero-order valence-electron chi connectivity index (χ0n) is 3.06. The number of halogens is 1. The van der Waals surface area contributed by atoms with Gasteiger partial charge in [-0.05, 0) is 0 Å². The van der Waals surface area contributed by atoms with Crippen molar-refractivity contribution >= 4 is 40.2 Å². The van der Waals surface area contributed by atoms with Crippen LogP contribution in [0.25, 0.3) is 0 Å². The van der Waals surface area contributed by atoms with Gasteiger partial charge in [0.05, 0.1) is 5.39 Å². The van der Waals surface area contributed by atoms with Crippen LogP contribution in [0.4, 0.5) is 0 Å². The number of hydrogen-bond acceptors (Lipinski definition) is 2. The lowest BCUT2D eigenvalue weighted by atomic mass is 11.8. The molecular formula is C2H4ClPS2. The highest BCUT2D eigenvalue weighted by atomic mass is 35.7. The fraction of sp³-hybridized carbons (Fsp3) is 1.00. The van der Waals surface area contributed by atoms with Crippen LogP contribution >= 0.6 is 28.4 Å². The average molecular weight is 159 g/mol. The molecule has 0 aliphatic carbocycles. The van der Waals surface area contributed by atoms with Crippen molar-refractivity contribution in [1.29, 1.82) is 0 Å². The van der Waals surface area contributed by atoms with E-state index in [9.17, 15) is 0 Å². The van der Waals surface area contributed by atoms with Gasteiger partial charge in [0.25, 0.3) is 0 Å². The minimum atomic E-state index is -1.20. The van der Waals surface area contributed by atoms with E-state index in [-0.39, 0.29) is 0 Å². The summed E-state index contributed by atoms with van der Waals surface area (Å²) in [4.78, 5) is 0. The van der Waals surface area contributed by atoms with Crippen LogP contribution in [0.1, 0.15) is 0 Å². The Kier molecular flexibility index (Phi) is 1.50. The quantitative estimate of drug-likeness (QED) is 0.496. The largest absolute Gasteiger partial charge is 0.149 e. The second-order valence-corrected chi connectivity index (χ2v) is 9.95. The monoisotopic (exact) mass is 158 g/mol. The van der Waals surface area contributed by atoms with Gasteiger partial charge in [0, 0.05) is 11.0 Å². The third-order valence-corrected chi connectivity index (χ3v) is 8.77. The molecule has 0 amide bonds. The Bertz CT molecular complexity index is 93.7. The fourth-order valence-corrected chi connectivity index (χ4v) is 4.70. The Morgan fingerprint density at radius 1 is 1.67 bits per heavy atom. The molecule has 0 N–H and O–H groups in total. The first-order valence-corrected chi connectivity index (χ1v) is 6.79. The maximum Gasteiger partial charge on any atom is 0.0575 e. The molecule has 0 radical (unpaired) electrons. The van der Waals surface area contributed by atoms with E-state index in [0.29, 0.717) is 0 Å². The Labute approximate surface area is 51.4 Å². The first-order valence-electron chi connectivity index (χ1n) is 1.56. The van der Waals surface area contributed by atoms with E-state index < -0.39 is 5.39 Å². The normalized spacial score (nSPS) is 28.8. The maximum absolute atomic E-state index is 5.71. The molecule has 1 aliphatic rings. The van der Waals surface area contributed by atoms with Crippen molar-refractivity contribution in [2.75, 3.05) is 11.0 Å². The van der Waals surface area contributed by atoms with Crippen molar-refractivity contribution in [2.24, 2.45) is 0 Å². The Hall–Kier alpha value is 1.29. The van der Waals surface area contributed by atoms with E-state index in [2.05, 4.69) is 0 Å². The molecule has 6 heavy (non-hydrogen) atoms. The van der Waals surface area contributed by atoms with Gasteiger partial charge < -0.3 is 0 Å². The molecule has 0 aromatic heterocycles. The molecule has 0 bridgehead atoms. The van der Waals surface area contributed by atoms with Crippen molar-refractivity contribution in [1.82, 2.24) is 0 Å². The summed E-state index contributed by atoms with van der Waals surface area (Å²) in [6.45, 7) is 0. The van der Waals surface area contributed by atoms with Gasteiger partial charge in [0.15, 0.2) is 0 Å². The molecule has 0 spiro atoms. The Morgan fingerprint density at radius 3 is 2.00 bits per heavy atom. The SMILES string of the molecule is S=P1(Cl)CSC1. The molecule has 4 heteroatoms. The Morgan fingerprint density at radius 2 is 2.00 bits per heavy atom. The molecule has 0 aromatic rings. The highest BCUT2D eigenvalue weighted by Crippen LogP contribution is 2.65. The molecule has 1 rings (SSSR count). The summed E-state index contributed by atoms with van der Waals surface area (Å²) in [6, 6.07) is 0. The van der Waals surface area contributed by atoms with E-state index >= 15 is 0 Å². The summed E-state index contributed by atoms with van der Waals surface area (Å²) >= 11 is 12.5. The zero-order valence-corrected chi connectivity index (χ0v) is 6.34. The second-order valence-electron chi connectivity index (χ2n) is 1.25. The van der Waals surface area contributed by atoms with Gasteiger partial charge in [-0.3, -0.25) is 0 Å². The fourth-order valence-electron chi connectivity index (χ4n) is 0.235. The summed E-state index contributed by atoms with van der Waals surface area (Å²) in [6.07, 6.45) is 0. The van der Waals surface area contributed by atoms with Crippen LogP contribution in [-0.2, 0) is 11.8 Å². The van der Waals surface area contributed by atoms with E-state index in [1.807, 2.05) is 11.8 Å². The molecular weight excluding hydrogens is 155 g/mol. The zero-order chi connectivity index (χ0) is 4.62. The van der Waals surface area contributed by atoms with Crippen LogP contribution in [0.15, 0.2) is 0 Å². The van der Waals surface area contributed by atoms with Crippen molar-refractivity contribution in [3.8, 4) is 0 Å². The molecule has 1 heterocycles. The van der Waals surface area contributed by atoms with Crippen LogP contribution in [0.3, 0.4) is 0 Å². The maximum atomic E-state index is 5.71. The van der Waals surface area contributed by atoms with E-state index in [1.54, 1.807) is 0 Å². The molecule has 0 unspecified atom stereocenters. The molecule has 0 aromatic carbocycles. The highest BCUT2D eigenvalue weighted by molar-refractivity contribution is 8.41. The van der Waals surface area contributed by atoms with Crippen molar-refractivity contribution < 1.29 is 0 Å². The lowest BCUT2D eigenvalue weighted by molar-refractivity contribution is 1.96. The minimum absolute atomic E-state index is 1.06. The molecule has 0 saturated carbocycles. The summed E-state index contributed by atoms with van der Waals surface area (Å²) in [5, 5.41) is -1.20. The predicted molar refractivity (Wildman–Crippen MR) is 37.5 cm³/mol. The Balaban J connectivity index is 2.53. The summed E-state index contributed by atoms with van der Waals surface area (Å²) in [5.41, 5.74) is 2.12. The molecule has 0 nitrogen and oxygen atoms in total. The van der Waals surface area contributed by atoms with E-state index in [0.717, 1.165) is 11.0 Å². The third kappa shape index (κ3) is 1.13. The number of rotatable bonds is 0. The molecule has 0 atom stereocenters. The molecule has 36 valence electrons. The van der Waals surface area contributed by atoms with Gasteiger partial charge in [-0.1, -0.05) is 23.0 Å². The van der Waals surface area contributed by atoms with Crippen molar-refractivity contribution in [3.63, 3.8) is 0 Å². The van der Waals surface area contributed by atoms with Gasteiger partial charge in [0.1, 0.15) is 0 Å². The van der Waals surface area contributed by atoms with Crippen LogP contribution in [0.2, 0.25) is 0 Å². The highest BCUT2D eigenvalue weighted by Gasteiger charge is 2.22. The molecule has 1 saturated heterocycles. The lowest BCUT2D eigenvalue weighted by Gasteiger charge is -2.21. The molecule has 1 aliphatic heterocycles. The van der Waals surface area contributed by atoms with E-state index in [1.165, 1.54) is 0 Å². The van der Waals surface area contributed by atoms with Gasteiger partial charge in [0.2, 0.25) is 0 Å². The summed E-state index contributed by atoms with van der Waals surface area (Å²) in [5.74, 6) is 0. The first kappa shape index (κ1) is 5.43. The smallest absolute Gasteiger partial charge is 0.0575 e. The van der Waals surface area contributed by atoms with Gasteiger partial charge in [-0.15, -0.1) is 11.8 Å². The summed E-state index contributed by atoms with van der Waals surface area (Å²) in [7, 11) is 0. The van der Waals surface area contributed by atoms with Crippen molar-refractivity contribution in [3.05, 3.63) is 0 Å². The molecule has 1 fully saturated rings. The lowest BCUT2D eigenvalue weighted by Crippen LogP contribution is -1.92. The van der Waals surface area contributed by atoms with Gasteiger partial charge in [-0.25, -0.2) is 0 Å². The van der Waals surface area contributed by atoms with Crippen LogP contribution < -0.4 is 0 Å². The second kappa shape index (κ2) is 1.66. The van der Waals surface area contributed by atoms with Crippen molar-refractivity contribution in [2.45, 2.75) is 0 Å². The number of thioether (sulfide) groups is 1. The van der Waals surface area contributed by atoms with Crippen LogP contribution in [-0.4, -0.2) is 11.0 Å². The van der Waals surface area contributed by atoms with Crippen LogP contribution in [0, 0.1) is 0 Å². The average Bonchev–Trinajstić information content (AvgIpc) is 1.32. The van der Waals surface area contributed by atoms with E-state index in [4.69, 9.17) is 23.0 Å². The predicted octanol–water partition coefficient (Wildman–Crippen LogP) is 2.28. The number of hydrogen-bond donors (Lipinski definition) is 0. The minimum Gasteiger partial charge on any atom is -0.149 e. The standard InChI is InChI=1S/C2H4ClPS2/c3-4(5)1-6-2-4/h1-2H2. The topological polar surface area (TPSA) is 0 Å². The van der Waals surface area contributed by atoms with Gasteiger partial charge >= 0.3 is 0 Å².